The molecule has 1 fully saturated rings. The quantitative estimate of drug-likeness (QED) is 0.418. The number of aromatic nitrogens is 3. The van der Waals surface area contributed by atoms with E-state index in [1.807, 2.05) is 19.1 Å². The van der Waals surface area contributed by atoms with E-state index < -0.39 is 15.8 Å². The van der Waals surface area contributed by atoms with Crippen LogP contribution in [0.15, 0.2) is 59.5 Å². The number of fused-ring (bicyclic) bond motifs is 3. The van der Waals surface area contributed by atoms with E-state index in [-0.39, 0.29) is 4.90 Å². The minimum Gasteiger partial charge on any atom is -0.378 e. The van der Waals surface area contributed by atoms with E-state index in [0.717, 1.165) is 41.2 Å². The summed E-state index contributed by atoms with van der Waals surface area (Å²) in [5.74, 6) is 1.07. The van der Waals surface area contributed by atoms with Crippen LogP contribution in [0.2, 0.25) is 0 Å². The molecule has 2 aliphatic rings. The van der Waals surface area contributed by atoms with Gasteiger partial charge >= 0.3 is 0 Å². The Morgan fingerprint density at radius 1 is 0.889 bits per heavy atom. The Kier molecular flexibility index (Phi) is 5.65. The fourth-order valence-electron chi connectivity index (χ4n) is 5.02. The first-order valence-electron chi connectivity index (χ1n) is 12.0. The van der Waals surface area contributed by atoms with Crippen molar-refractivity contribution in [3.05, 3.63) is 77.2 Å². The third-order valence-corrected chi connectivity index (χ3v) is 8.69. The molecule has 0 radical (unpaired) electrons. The van der Waals surface area contributed by atoms with Gasteiger partial charge in [0.2, 0.25) is 0 Å². The van der Waals surface area contributed by atoms with Gasteiger partial charge in [-0.15, -0.1) is 10.2 Å². The van der Waals surface area contributed by atoms with Crippen molar-refractivity contribution in [3.63, 3.8) is 0 Å². The van der Waals surface area contributed by atoms with Gasteiger partial charge < -0.3 is 14.5 Å². The maximum absolute atomic E-state index is 14.3. The Morgan fingerprint density at radius 2 is 1.58 bits per heavy atom. The summed E-state index contributed by atoms with van der Waals surface area (Å²) in [5, 5.41) is 9.62. The molecule has 0 amide bonds. The highest BCUT2D eigenvalue weighted by Gasteiger charge is 2.31. The number of ether oxygens (including phenoxy) is 1. The van der Waals surface area contributed by atoms with Gasteiger partial charge in [0.1, 0.15) is 5.82 Å². The molecular formula is C26H26FN5O3S. The summed E-state index contributed by atoms with van der Waals surface area (Å²) in [4.78, 5) is 4.42. The Balaban J connectivity index is 1.38. The Labute approximate surface area is 209 Å². The summed E-state index contributed by atoms with van der Waals surface area (Å²) in [6, 6.07) is 15.0. The number of nitrogens with zero attached hydrogens (tertiary/aromatic N) is 5. The molecule has 0 bridgehead atoms. The summed E-state index contributed by atoms with van der Waals surface area (Å²) in [6.45, 7) is 5.85. The summed E-state index contributed by atoms with van der Waals surface area (Å²) in [7, 11) is -3.91. The third kappa shape index (κ3) is 3.90. The smallest absolute Gasteiger partial charge is 0.268 e. The molecule has 8 nitrogen and oxygen atoms in total. The van der Waals surface area contributed by atoms with E-state index in [2.05, 4.69) is 20.0 Å². The van der Waals surface area contributed by atoms with Crippen LogP contribution >= 0.6 is 0 Å². The molecular weight excluding hydrogens is 481 g/mol. The van der Waals surface area contributed by atoms with E-state index in [1.165, 1.54) is 16.1 Å². The predicted molar refractivity (Wildman–Crippen MR) is 135 cm³/mol. The molecule has 0 aliphatic carbocycles. The van der Waals surface area contributed by atoms with Crippen molar-refractivity contribution in [2.75, 3.05) is 42.6 Å². The lowest BCUT2D eigenvalue weighted by molar-refractivity contribution is 0.122. The van der Waals surface area contributed by atoms with E-state index in [9.17, 15) is 12.8 Å². The minimum atomic E-state index is -3.91. The van der Waals surface area contributed by atoms with E-state index in [0.29, 0.717) is 43.9 Å². The van der Waals surface area contributed by atoms with Gasteiger partial charge in [-0.25, -0.2) is 16.8 Å². The molecule has 0 saturated carbocycles. The van der Waals surface area contributed by atoms with Crippen LogP contribution in [0.3, 0.4) is 0 Å². The van der Waals surface area contributed by atoms with Crippen LogP contribution in [0.4, 0.5) is 16.0 Å². The fraction of sp³-hybridized carbons (Fsp3) is 0.308. The number of morpholine rings is 1. The molecule has 4 heterocycles. The van der Waals surface area contributed by atoms with E-state index in [1.54, 1.807) is 30.3 Å². The van der Waals surface area contributed by atoms with Gasteiger partial charge in [0.05, 0.1) is 23.6 Å². The van der Waals surface area contributed by atoms with Crippen molar-refractivity contribution >= 4 is 32.6 Å². The molecule has 2 aliphatic heterocycles. The lowest BCUT2D eigenvalue weighted by atomic mass is 10.0. The van der Waals surface area contributed by atoms with Crippen molar-refractivity contribution < 1.29 is 17.5 Å². The zero-order chi connectivity index (χ0) is 24.9. The van der Waals surface area contributed by atoms with Gasteiger partial charge in [0.25, 0.3) is 10.0 Å². The van der Waals surface area contributed by atoms with Crippen LogP contribution in [0.1, 0.15) is 16.8 Å². The number of hydrogen-bond donors (Lipinski definition) is 0. The van der Waals surface area contributed by atoms with Crippen molar-refractivity contribution in [1.82, 2.24) is 14.2 Å². The highest BCUT2D eigenvalue weighted by molar-refractivity contribution is 7.90. The third-order valence-electron chi connectivity index (χ3n) is 6.92. The molecule has 0 N–H and O–H groups in total. The Bertz CT molecular complexity index is 1530. The van der Waals surface area contributed by atoms with Crippen LogP contribution in [-0.2, 0) is 27.7 Å². The molecule has 10 heteroatoms. The molecule has 0 unspecified atom stereocenters. The Hall–Kier alpha value is -3.50. The first kappa shape index (κ1) is 22.9. The van der Waals surface area contributed by atoms with Crippen molar-refractivity contribution in [2.45, 2.75) is 24.8 Å². The molecule has 0 atom stereocenters. The van der Waals surface area contributed by atoms with E-state index >= 15 is 0 Å². The first-order chi connectivity index (χ1) is 17.4. The summed E-state index contributed by atoms with van der Waals surface area (Å²) >= 11 is 0. The second kappa shape index (κ2) is 8.86. The topological polar surface area (TPSA) is 80.6 Å². The summed E-state index contributed by atoms with van der Waals surface area (Å²) < 4.78 is 48.5. The number of aryl methyl sites for hydroxylation is 1. The maximum atomic E-state index is 14.3. The van der Waals surface area contributed by atoms with Crippen LogP contribution in [-0.4, -0.2) is 55.4 Å². The van der Waals surface area contributed by atoms with Crippen LogP contribution in [0, 0.1) is 12.7 Å². The number of benzene rings is 2. The molecule has 186 valence electrons. The minimum absolute atomic E-state index is 0.184. The van der Waals surface area contributed by atoms with Crippen molar-refractivity contribution in [2.24, 2.45) is 0 Å². The number of halogens is 1. The second-order valence-electron chi connectivity index (χ2n) is 9.19. The van der Waals surface area contributed by atoms with Gasteiger partial charge in [0, 0.05) is 49.2 Å². The zero-order valence-electron chi connectivity index (χ0n) is 19.9. The summed E-state index contributed by atoms with van der Waals surface area (Å²) in [6.07, 6.45) is 0.476. The standard InChI is InChI=1S/C26H26FN5O3S/c1-18-2-5-20(6-3-18)36(33,34)32-23-10-11-31(17-22(23)21-7-4-19(27)16-24(21)32)26-9-8-25(28-29-26)30-12-14-35-15-13-30/h2-9,16H,10-15,17H2,1H3. The van der Waals surface area contributed by atoms with Gasteiger partial charge in [-0.05, 0) is 49.4 Å². The van der Waals surface area contributed by atoms with Crippen LogP contribution in [0.5, 0.6) is 0 Å². The molecule has 36 heavy (non-hydrogen) atoms. The largest absolute Gasteiger partial charge is 0.378 e. The van der Waals surface area contributed by atoms with Gasteiger partial charge in [-0.1, -0.05) is 17.7 Å². The Morgan fingerprint density at radius 3 is 2.28 bits per heavy atom. The molecule has 2 aromatic carbocycles. The number of hydrogen-bond acceptors (Lipinski definition) is 7. The maximum Gasteiger partial charge on any atom is 0.268 e. The normalized spacial score (nSPS) is 16.4. The SMILES string of the molecule is Cc1ccc(S(=O)(=O)n2c3c(c4ccc(F)cc42)CN(c2ccc(N4CCOCC4)nn2)CC3)cc1. The first-order valence-corrected chi connectivity index (χ1v) is 13.4. The molecule has 0 spiro atoms. The average Bonchev–Trinajstić information content (AvgIpc) is 3.23. The number of rotatable bonds is 4. The average molecular weight is 508 g/mol. The molecule has 2 aromatic heterocycles. The number of anilines is 2. The monoisotopic (exact) mass is 507 g/mol. The molecule has 1 saturated heterocycles. The van der Waals surface area contributed by atoms with Gasteiger partial charge in [-0.2, -0.15) is 0 Å². The van der Waals surface area contributed by atoms with Gasteiger partial charge in [0.15, 0.2) is 11.6 Å². The van der Waals surface area contributed by atoms with Crippen LogP contribution < -0.4 is 9.80 Å². The fourth-order valence-corrected chi connectivity index (χ4v) is 6.62. The van der Waals surface area contributed by atoms with E-state index in [4.69, 9.17) is 4.74 Å². The molecule has 4 aromatic rings. The second-order valence-corrected chi connectivity index (χ2v) is 11.0. The lowest BCUT2D eigenvalue weighted by Gasteiger charge is -2.30. The van der Waals surface area contributed by atoms with Crippen molar-refractivity contribution in [3.8, 4) is 0 Å². The summed E-state index contributed by atoms with van der Waals surface area (Å²) in [5.41, 5.74) is 2.88. The molecule has 6 rings (SSSR count). The van der Waals surface area contributed by atoms with Crippen LogP contribution in [0.25, 0.3) is 10.9 Å². The lowest BCUT2D eigenvalue weighted by Crippen LogP contribution is -2.37. The highest BCUT2D eigenvalue weighted by atomic mass is 32.2. The van der Waals surface area contributed by atoms with Gasteiger partial charge in [-0.3, -0.25) is 0 Å². The highest BCUT2D eigenvalue weighted by Crippen LogP contribution is 2.35. The predicted octanol–water partition coefficient (Wildman–Crippen LogP) is 3.52. The van der Waals surface area contributed by atoms with Crippen molar-refractivity contribution in [1.29, 1.82) is 0 Å². The zero-order valence-corrected chi connectivity index (χ0v) is 20.7.